The summed E-state index contributed by atoms with van der Waals surface area (Å²) in [6, 6.07) is 7.93. The van der Waals surface area contributed by atoms with Crippen LogP contribution in [0.2, 0.25) is 0 Å². The molecular weight excluding hydrogens is 190 g/mol. The molecule has 1 saturated carbocycles. The van der Waals surface area contributed by atoms with E-state index in [-0.39, 0.29) is 5.69 Å². The van der Waals surface area contributed by atoms with Crippen molar-refractivity contribution < 1.29 is 4.92 Å². The van der Waals surface area contributed by atoms with E-state index in [0.717, 1.165) is 0 Å². The van der Waals surface area contributed by atoms with Gasteiger partial charge in [0.25, 0.3) is 5.69 Å². The van der Waals surface area contributed by atoms with Crippen LogP contribution in [-0.4, -0.2) is 4.92 Å². The summed E-state index contributed by atoms with van der Waals surface area (Å²) in [5, 5.41) is 10.0. The van der Waals surface area contributed by atoms with E-state index in [9.17, 15) is 10.1 Å². The molecule has 0 aliphatic heterocycles. The maximum atomic E-state index is 10.0. The third-order valence-corrected chi connectivity index (χ3v) is 2.47. The topological polar surface area (TPSA) is 43.1 Å². The molecule has 1 aromatic rings. The maximum absolute atomic E-state index is 10.0. The van der Waals surface area contributed by atoms with Crippen molar-refractivity contribution in [1.29, 1.82) is 0 Å². The summed E-state index contributed by atoms with van der Waals surface area (Å²) >= 11 is 0. The van der Waals surface area contributed by atoms with Crippen LogP contribution in [0.4, 0.5) is 5.69 Å². The van der Waals surface area contributed by atoms with E-state index >= 15 is 0 Å². The quantitative estimate of drug-likeness (QED) is 0.517. The SMILES string of the molecule is C1CCCCC1.O=[N+]([O-])c1ccccc1. The average Bonchev–Trinajstić information content (AvgIpc) is 2.33. The fourth-order valence-corrected chi connectivity index (χ4v) is 1.61. The Morgan fingerprint density at radius 2 is 1.27 bits per heavy atom. The predicted molar refractivity (Wildman–Crippen MR) is 60.8 cm³/mol. The molecule has 1 fully saturated rings. The summed E-state index contributed by atoms with van der Waals surface area (Å²) in [6.45, 7) is 0. The zero-order chi connectivity index (χ0) is 10.9. The number of nitrogens with zero attached hydrogens (tertiary/aromatic N) is 1. The van der Waals surface area contributed by atoms with Crippen LogP contribution < -0.4 is 0 Å². The van der Waals surface area contributed by atoms with E-state index in [1.807, 2.05) is 0 Å². The molecule has 0 atom stereocenters. The van der Waals surface area contributed by atoms with Crippen LogP contribution in [0.1, 0.15) is 38.5 Å². The van der Waals surface area contributed by atoms with Crippen molar-refractivity contribution in [2.75, 3.05) is 0 Å². The van der Waals surface area contributed by atoms with Gasteiger partial charge in [-0.05, 0) is 0 Å². The minimum absolute atomic E-state index is 0.137. The Morgan fingerprint density at radius 3 is 1.53 bits per heavy atom. The zero-order valence-electron chi connectivity index (χ0n) is 8.89. The Bertz CT molecular complexity index is 269. The first kappa shape index (κ1) is 11.7. The highest BCUT2D eigenvalue weighted by molar-refractivity contribution is 5.27. The summed E-state index contributed by atoms with van der Waals surface area (Å²) < 4.78 is 0. The van der Waals surface area contributed by atoms with Gasteiger partial charge in [0, 0.05) is 12.1 Å². The Hall–Kier alpha value is -1.38. The molecule has 0 saturated heterocycles. The first-order chi connectivity index (χ1) is 7.30. The number of hydrogen-bond acceptors (Lipinski definition) is 2. The predicted octanol–water partition coefficient (Wildman–Crippen LogP) is 3.94. The van der Waals surface area contributed by atoms with Crippen LogP contribution in [0.5, 0.6) is 0 Å². The monoisotopic (exact) mass is 207 g/mol. The second kappa shape index (κ2) is 6.98. The van der Waals surface area contributed by atoms with Gasteiger partial charge in [-0.3, -0.25) is 10.1 Å². The smallest absolute Gasteiger partial charge is 0.258 e. The van der Waals surface area contributed by atoms with Gasteiger partial charge in [-0.1, -0.05) is 56.7 Å². The van der Waals surface area contributed by atoms with E-state index in [4.69, 9.17) is 0 Å². The summed E-state index contributed by atoms with van der Waals surface area (Å²) in [4.78, 5) is 9.59. The Labute approximate surface area is 90.3 Å². The minimum Gasteiger partial charge on any atom is -0.258 e. The zero-order valence-corrected chi connectivity index (χ0v) is 8.89. The Balaban J connectivity index is 0.000000162. The largest absolute Gasteiger partial charge is 0.269 e. The molecule has 0 aromatic heterocycles. The molecule has 2 rings (SSSR count). The summed E-state index contributed by atoms with van der Waals surface area (Å²) in [7, 11) is 0. The van der Waals surface area contributed by atoms with E-state index in [0.29, 0.717) is 0 Å². The van der Waals surface area contributed by atoms with Crippen LogP contribution in [0.15, 0.2) is 30.3 Å². The molecule has 1 aliphatic rings. The molecule has 15 heavy (non-hydrogen) atoms. The van der Waals surface area contributed by atoms with Crippen molar-refractivity contribution in [2.24, 2.45) is 0 Å². The number of non-ortho nitro benzene ring substituents is 1. The van der Waals surface area contributed by atoms with Crippen molar-refractivity contribution in [3.63, 3.8) is 0 Å². The first-order valence-electron chi connectivity index (χ1n) is 5.50. The van der Waals surface area contributed by atoms with E-state index < -0.39 is 4.92 Å². The van der Waals surface area contributed by atoms with Gasteiger partial charge in [0.05, 0.1) is 4.92 Å². The molecule has 0 N–H and O–H groups in total. The second-order valence-corrected chi connectivity index (χ2v) is 3.71. The summed E-state index contributed by atoms with van der Waals surface area (Å²) in [5.41, 5.74) is 0.137. The van der Waals surface area contributed by atoms with Gasteiger partial charge in [0.15, 0.2) is 0 Å². The van der Waals surface area contributed by atoms with E-state index in [1.54, 1.807) is 18.2 Å². The number of rotatable bonds is 1. The molecule has 82 valence electrons. The van der Waals surface area contributed by atoms with Gasteiger partial charge in [-0.25, -0.2) is 0 Å². The van der Waals surface area contributed by atoms with Crippen molar-refractivity contribution in [3.05, 3.63) is 40.4 Å². The molecule has 0 heterocycles. The lowest BCUT2D eigenvalue weighted by atomic mass is 10.0. The van der Waals surface area contributed by atoms with Crippen molar-refractivity contribution >= 4 is 5.69 Å². The third-order valence-electron chi connectivity index (χ3n) is 2.47. The van der Waals surface area contributed by atoms with Crippen molar-refractivity contribution in [3.8, 4) is 0 Å². The van der Waals surface area contributed by atoms with Crippen LogP contribution >= 0.6 is 0 Å². The summed E-state index contributed by atoms with van der Waals surface area (Å²) in [5.74, 6) is 0. The third kappa shape index (κ3) is 5.15. The minimum atomic E-state index is -0.417. The highest BCUT2D eigenvalue weighted by atomic mass is 16.6. The van der Waals surface area contributed by atoms with E-state index in [1.165, 1.54) is 50.7 Å². The van der Waals surface area contributed by atoms with E-state index in [2.05, 4.69) is 0 Å². The van der Waals surface area contributed by atoms with Crippen LogP contribution in [0, 0.1) is 10.1 Å². The fourth-order valence-electron chi connectivity index (χ4n) is 1.61. The number of benzene rings is 1. The maximum Gasteiger partial charge on any atom is 0.269 e. The second-order valence-electron chi connectivity index (χ2n) is 3.71. The molecular formula is C12H17NO2. The lowest BCUT2D eigenvalue weighted by molar-refractivity contribution is -0.384. The van der Waals surface area contributed by atoms with Gasteiger partial charge < -0.3 is 0 Å². The molecule has 3 heteroatoms. The molecule has 0 radical (unpaired) electrons. The lowest BCUT2D eigenvalue weighted by Gasteiger charge is -2.05. The number of hydrogen-bond donors (Lipinski definition) is 0. The number of nitro groups is 1. The van der Waals surface area contributed by atoms with Crippen LogP contribution in [0.3, 0.4) is 0 Å². The molecule has 3 nitrogen and oxygen atoms in total. The summed E-state index contributed by atoms with van der Waals surface area (Å²) in [6.07, 6.45) is 9.00. The first-order valence-corrected chi connectivity index (χ1v) is 5.50. The molecule has 1 aromatic carbocycles. The van der Waals surface area contributed by atoms with Crippen LogP contribution in [-0.2, 0) is 0 Å². The molecule has 0 amide bonds. The van der Waals surface area contributed by atoms with Crippen LogP contribution in [0.25, 0.3) is 0 Å². The normalized spacial score (nSPS) is 14.9. The highest BCUT2D eigenvalue weighted by Gasteiger charge is 1.98. The van der Waals surface area contributed by atoms with Gasteiger partial charge in [-0.2, -0.15) is 0 Å². The van der Waals surface area contributed by atoms with Gasteiger partial charge >= 0.3 is 0 Å². The van der Waals surface area contributed by atoms with Crippen molar-refractivity contribution in [2.45, 2.75) is 38.5 Å². The standard InChI is InChI=1S/C6H5NO2.C6H12/c8-7(9)6-4-2-1-3-5-6;1-2-4-6-5-3-1/h1-5H;1-6H2. The van der Waals surface area contributed by atoms with Gasteiger partial charge in [0.1, 0.15) is 0 Å². The molecule has 0 bridgehead atoms. The Kier molecular flexibility index (Phi) is 5.44. The highest BCUT2D eigenvalue weighted by Crippen LogP contribution is 2.15. The molecule has 0 unspecified atom stereocenters. The van der Waals surface area contributed by atoms with Gasteiger partial charge in [0.2, 0.25) is 0 Å². The lowest BCUT2D eigenvalue weighted by Crippen LogP contribution is -1.85. The van der Waals surface area contributed by atoms with Crippen molar-refractivity contribution in [1.82, 2.24) is 0 Å². The Morgan fingerprint density at radius 1 is 0.867 bits per heavy atom. The number of para-hydroxylation sites is 1. The molecule has 1 aliphatic carbocycles. The number of nitro benzene ring substituents is 1. The van der Waals surface area contributed by atoms with Gasteiger partial charge in [-0.15, -0.1) is 0 Å². The molecule has 0 spiro atoms. The average molecular weight is 207 g/mol. The fraction of sp³-hybridized carbons (Fsp3) is 0.500.